The van der Waals surface area contributed by atoms with E-state index >= 15 is 0 Å². The monoisotopic (exact) mass is 267 g/mol. The normalized spacial score (nSPS) is 27.6. The maximum Gasteiger partial charge on any atom is 0.240 e. The van der Waals surface area contributed by atoms with Crippen LogP contribution in [0, 0.1) is 5.92 Å². The molecule has 110 valence electrons. The van der Waals surface area contributed by atoms with Gasteiger partial charge in [0, 0.05) is 19.1 Å². The summed E-state index contributed by atoms with van der Waals surface area (Å²) in [6.45, 7) is 8.13. The SMILES string of the molecule is CC(C)C(C(=O)N1CCCC(N)C1)N1CCCCC1. The molecule has 2 unspecified atom stereocenters. The van der Waals surface area contributed by atoms with Gasteiger partial charge in [-0.2, -0.15) is 0 Å². The highest BCUT2D eigenvalue weighted by molar-refractivity contribution is 5.82. The quantitative estimate of drug-likeness (QED) is 0.842. The van der Waals surface area contributed by atoms with Crippen LogP contribution in [0.25, 0.3) is 0 Å². The predicted molar refractivity (Wildman–Crippen MR) is 77.8 cm³/mol. The van der Waals surface area contributed by atoms with Crippen molar-refractivity contribution in [1.29, 1.82) is 0 Å². The zero-order chi connectivity index (χ0) is 13.8. The lowest BCUT2D eigenvalue weighted by molar-refractivity contribution is -0.140. The van der Waals surface area contributed by atoms with Crippen molar-refractivity contribution >= 4 is 5.91 Å². The lowest BCUT2D eigenvalue weighted by Gasteiger charge is -2.40. The van der Waals surface area contributed by atoms with Gasteiger partial charge in [0.1, 0.15) is 0 Å². The van der Waals surface area contributed by atoms with E-state index < -0.39 is 0 Å². The number of hydrogen-bond acceptors (Lipinski definition) is 3. The molecule has 2 fully saturated rings. The van der Waals surface area contributed by atoms with E-state index in [4.69, 9.17) is 5.73 Å². The molecule has 2 heterocycles. The molecule has 2 saturated heterocycles. The van der Waals surface area contributed by atoms with Crippen LogP contribution in [0.5, 0.6) is 0 Å². The van der Waals surface area contributed by atoms with Crippen molar-refractivity contribution in [3.63, 3.8) is 0 Å². The number of nitrogens with two attached hydrogens (primary N) is 1. The van der Waals surface area contributed by atoms with Crippen molar-refractivity contribution in [2.75, 3.05) is 26.2 Å². The van der Waals surface area contributed by atoms with Crippen LogP contribution in [0.15, 0.2) is 0 Å². The van der Waals surface area contributed by atoms with Gasteiger partial charge in [0.05, 0.1) is 6.04 Å². The second-order valence-electron chi connectivity index (χ2n) is 6.47. The van der Waals surface area contributed by atoms with Gasteiger partial charge in [-0.1, -0.05) is 20.3 Å². The van der Waals surface area contributed by atoms with Gasteiger partial charge >= 0.3 is 0 Å². The Morgan fingerprint density at radius 3 is 2.37 bits per heavy atom. The molecule has 4 heteroatoms. The third-order valence-electron chi connectivity index (χ3n) is 4.44. The highest BCUT2D eigenvalue weighted by atomic mass is 16.2. The summed E-state index contributed by atoms with van der Waals surface area (Å²) < 4.78 is 0. The number of carbonyl (C=O) groups excluding carboxylic acids is 1. The van der Waals surface area contributed by atoms with Crippen LogP contribution < -0.4 is 5.73 Å². The number of piperidine rings is 2. The maximum absolute atomic E-state index is 12.8. The molecule has 2 aliphatic rings. The van der Waals surface area contributed by atoms with E-state index in [0.29, 0.717) is 11.8 Å². The Kier molecular flexibility index (Phi) is 5.22. The van der Waals surface area contributed by atoms with Gasteiger partial charge in [0.15, 0.2) is 0 Å². The van der Waals surface area contributed by atoms with Crippen LogP contribution in [0.2, 0.25) is 0 Å². The van der Waals surface area contributed by atoms with E-state index in [1.807, 2.05) is 4.90 Å². The first-order chi connectivity index (χ1) is 9.09. The third kappa shape index (κ3) is 3.69. The Morgan fingerprint density at radius 1 is 1.11 bits per heavy atom. The summed E-state index contributed by atoms with van der Waals surface area (Å²) in [7, 11) is 0. The second-order valence-corrected chi connectivity index (χ2v) is 6.47. The van der Waals surface area contributed by atoms with Crippen molar-refractivity contribution in [2.24, 2.45) is 11.7 Å². The number of rotatable bonds is 3. The van der Waals surface area contributed by atoms with Gasteiger partial charge in [0.25, 0.3) is 0 Å². The fraction of sp³-hybridized carbons (Fsp3) is 0.933. The van der Waals surface area contributed by atoms with Crippen LogP contribution in [-0.2, 0) is 4.79 Å². The minimum Gasteiger partial charge on any atom is -0.340 e. The zero-order valence-electron chi connectivity index (χ0n) is 12.5. The van der Waals surface area contributed by atoms with Crippen LogP contribution in [0.1, 0.15) is 46.0 Å². The molecular weight excluding hydrogens is 238 g/mol. The minimum absolute atomic E-state index is 0.0607. The topological polar surface area (TPSA) is 49.6 Å². The molecule has 0 radical (unpaired) electrons. The first-order valence-electron chi connectivity index (χ1n) is 7.88. The first-order valence-corrected chi connectivity index (χ1v) is 7.88. The van der Waals surface area contributed by atoms with Crippen LogP contribution in [0.4, 0.5) is 0 Å². The van der Waals surface area contributed by atoms with Crippen molar-refractivity contribution in [1.82, 2.24) is 9.80 Å². The molecule has 2 rings (SSSR count). The predicted octanol–water partition coefficient (Wildman–Crippen LogP) is 1.45. The molecule has 4 nitrogen and oxygen atoms in total. The molecular formula is C15H29N3O. The van der Waals surface area contributed by atoms with Gasteiger partial charge < -0.3 is 10.6 Å². The summed E-state index contributed by atoms with van der Waals surface area (Å²) in [5.74, 6) is 0.691. The fourth-order valence-electron chi connectivity index (χ4n) is 3.46. The number of hydrogen-bond donors (Lipinski definition) is 1. The van der Waals surface area contributed by atoms with Crippen molar-refractivity contribution < 1.29 is 4.79 Å². The number of carbonyl (C=O) groups is 1. The Balaban J connectivity index is 2.02. The van der Waals surface area contributed by atoms with Crippen molar-refractivity contribution in [2.45, 2.75) is 58.0 Å². The molecule has 0 aliphatic carbocycles. The standard InChI is InChI=1S/C15H29N3O/c1-12(2)14(17-8-4-3-5-9-17)15(19)18-10-6-7-13(16)11-18/h12-14H,3-11,16H2,1-2H3. The van der Waals surface area contributed by atoms with Gasteiger partial charge in [-0.15, -0.1) is 0 Å². The average molecular weight is 267 g/mol. The Bertz CT molecular complexity index is 300. The van der Waals surface area contributed by atoms with Crippen LogP contribution in [0.3, 0.4) is 0 Å². The van der Waals surface area contributed by atoms with E-state index in [1.165, 1.54) is 19.3 Å². The van der Waals surface area contributed by atoms with E-state index in [0.717, 1.165) is 39.0 Å². The Morgan fingerprint density at radius 2 is 1.79 bits per heavy atom. The average Bonchev–Trinajstić information content (AvgIpc) is 2.39. The summed E-state index contributed by atoms with van der Waals surface area (Å²) in [5, 5.41) is 0. The lowest BCUT2D eigenvalue weighted by Crippen LogP contribution is -2.56. The van der Waals surface area contributed by atoms with Gasteiger partial charge in [-0.25, -0.2) is 0 Å². The van der Waals surface area contributed by atoms with Crippen molar-refractivity contribution in [3.8, 4) is 0 Å². The molecule has 1 amide bonds. The van der Waals surface area contributed by atoms with Crippen LogP contribution >= 0.6 is 0 Å². The summed E-state index contributed by atoms with van der Waals surface area (Å²) in [5.41, 5.74) is 6.01. The van der Waals surface area contributed by atoms with E-state index in [9.17, 15) is 4.79 Å². The molecule has 0 aromatic heterocycles. The van der Waals surface area contributed by atoms with Gasteiger partial charge in [-0.05, 0) is 44.7 Å². The molecule has 19 heavy (non-hydrogen) atoms. The molecule has 0 bridgehead atoms. The summed E-state index contributed by atoms with van der Waals surface area (Å²) in [6, 6.07) is 0.234. The summed E-state index contributed by atoms with van der Waals surface area (Å²) in [6.07, 6.45) is 5.88. The second kappa shape index (κ2) is 6.71. The number of amides is 1. The van der Waals surface area contributed by atoms with Gasteiger partial charge in [0.2, 0.25) is 5.91 Å². The number of nitrogens with zero attached hydrogens (tertiary/aromatic N) is 2. The molecule has 0 aromatic carbocycles. The molecule has 0 spiro atoms. The maximum atomic E-state index is 12.8. The zero-order valence-corrected chi connectivity index (χ0v) is 12.5. The third-order valence-corrected chi connectivity index (χ3v) is 4.44. The molecule has 2 atom stereocenters. The van der Waals surface area contributed by atoms with E-state index in [2.05, 4.69) is 18.7 Å². The molecule has 2 aliphatic heterocycles. The van der Waals surface area contributed by atoms with E-state index in [-0.39, 0.29) is 12.1 Å². The fourth-order valence-corrected chi connectivity index (χ4v) is 3.46. The number of likely N-dealkylation sites (tertiary alicyclic amines) is 2. The molecule has 2 N–H and O–H groups in total. The first kappa shape index (κ1) is 14.8. The smallest absolute Gasteiger partial charge is 0.240 e. The summed E-state index contributed by atoms with van der Waals surface area (Å²) in [4.78, 5) is 17.2. The summed E-state index contributed by atoms with van der Waals surface area (Å²) >= 11 is 0. The lowest BCUT2D eigenvalue weighted by atomic mass is 9.96. The molecule has 0 saturated carbocycles. The van der Waals surface area contributed by atoms with Gasteiger partial charge in [-0.3, -0.25) is 9.69 Å². The Hall–Kier alpha value is -0.610. The highest BCUT2D eigenvalue weighted by Crippen LogP contribution is 2.21. The van der Waals surface area contributed by atoms with Crippen molar-refractivity contribution in [3.05, 3.63) is 0 Å². The Labute approximate surface area is 117 Å². The van der Waals surface area contributed by atoms with Crippen LogP contribution in [-0.4, -0.2) is 54.0 Å². The highest BCUT2D eigenvalue weighted by Gasteiger charge is 2.34. The molecule has 0 aromatic rings. The largest absolute Gasteiger partial charge is 0.340 e. The van der Waals surface area contributed by atoms with E-state index in [1.54, 1.807) is 0 Å². The minimum atomic E-state index is 0.0607.